The molecule has 2 aromatic heterocycles. The second kappa shape index (κ2) is 5.32. The van der Waals surface area contributed by atoms with Crippen LogP contribution in [0.1, 0.15) is 19.1 Å². The van der Waals surface area contributed by atoms with E-state index in [1.54, 1.807) is 4.57 Å². The highest BCUT2D eigenvalue weighted by Crippen LogP contribution is 2.53. The summed E-state index contributed by atoms with van der Waals surface area (Å²) in [6, 6.07) is 0. The van der Waals surface area contributed by atoms with Crippen molar-refractivity contribution in [3.05, 3.63) is 16.7 Å². The average Bonchev–Trinajstić information content (AvgIpc) is 3.15. The Morgan fingerprint density at radius 2 is 2.46 bits per heavy atom. The number of anilines is 1. The number of nitrogen functional groups attached to an aromatic ring is 1. The number of hydrogen-bond donors (Lipinski definition) is 3. The van der Waals surface area contributed by atoms with Crippen molar-refractivity contribution in [2.75, 3.05) is 19.0 Å². The van der Waals surface area contributed by atoms with Gasteiger partial charge in [0.15, 0.2) is 17.8 Å². The van der Waals surface area contributed by atoms with Gasteiger partial charge in [-0.25, -0.2) is 4.98 Å². The molecule has 2 fully saturated rings. The fraction of sp³-hybridized carbons (Fsp3) is 0.615. The number of aromatic nitrogens is 4. The number of H-pyrrole nitrogens is 1. The van der Waals surface area contributed by atoms with Gasteiger partial charge >= 0.3 is 8.03 Å². The molecule has 0 aromatic carbocycles. The lowest BCUT2D eigenvalue weighted by atomic mass is 10.0. The van der Waals surface area contributed by atoms with Crippen LogP contribution in [-0.4, -0.2) is 49.6 Å². The first-order chi connectivity index (χ1) is 11.4. The first-order valence-electron chi connectivity index (χ1n) is 7.53. The number of aliphatic hydroxyl groups excluding tert-OH is 1. The second-order valence-electron chi connectivity index (χ2n) is 6.21. The molecular weight excluding hydrogens is 337 g/mol. The first kappa shape index (κ1) is 15.6. The van der Waals surface area contributed by atoms with Crippen molar-refractivity contribution in [1.82, 2.24) is 19.5 Å². The molecule has 1 aliphatic carbocycles. The minimum atomic E-state index is -1.79. The van der Waals surface area contributed by atoms with E-state index in [2.05, 4.69) is 15.0 Å². The van der Waals surface area contributed by atoms with E-state index in [4.69, 9.17) is 15.0 Å². The zero-order valence-electron chi connectivity index (χ0n) is 12.9. The van der Waals surface area contributed by atoms with E-state index >= 15 is 0 Å². The summed E-state index contributed by atoms with van der Waals surface area (Å²) < 4.78 is 24.1. The summed E-state index contributed by atoms with van der Waals surface area (Å²) >= 11 is 0. The lowest BCUT2D eigenvalue weighted by Crippen LogP contribution is -2.41. The molecule has 1 saturated heterocycles. The smallest absolute Gasteiger partial charge is 0.390 e. The van der Waals surface area contributed by atoms with E-state index in [0.717, 1.165) is 0 Å². The molecule has 128 valence electrons. The molecule has 2 aliphatic rings. The van der Waals surface area contributed by atoms with E-state index < -0.39 is 31.5 Å². The van der Waals surface area contributed by atoms with Gasteiger partial charge in [-0.15, -0.1) is 4.52 Å². The minimum Gasteiger partial charge on any atom is -0.390 e. The molecule has 2 bridgehead atoms. The highest BCUT2D eigenvalue weighted by atomic mass is 31.1. The lowest BCUT2D eigenvalue weighted by molar-refractivity contribution is -0.133. The summed E-state index contributed by atoms with van der Waals surface area (Å²) in [6.45, 7) is 1.51. The molecule has 24 heavy (non-hydrogen) atoms. The molecule has 3 heterocycles. The third-order valence-electron chi connectivity index (χ3n) is 4.78. The summed E-state index contributed by atoms with van der Waals surface area (Å²) in [5, 5.41) is 10.6. The SMILES string of the molecule is C[P+](=O)OC[C@@]12CC[C@@H]([C@H](n3cnc4c(=O)[nH]c(N)nc43)O1)[C@@H]2O. The van der Waals surface area contributed by atoms with E-state index in [1.165, 1.54) is 13.0 Å². The van der Waals surface area contributed by atoms with E-state index in [0.29, 0.717) is 18.5 Å². The van der Waals surface area contributed by atoms with Crippen LogP contribution in [0.2, 0.25) is 0 Å². The Bertz CT molecular complexity index is 881. The van der Waals surface area contributed by atoms with Crippen molar-refractivity contribution >= 4 is 25.1 Å². The number of fused-ring (bicyclic) bond motifs is 3. The minimum absolute atomic E-state index is 0.0148. The molecular formula is C13H17N5O5P+. The summed E-state index contributed by atoms with van der Waals surface area (Å²) in [5.41, 5.74) is 4.74. The van der Waals surface area contributed by atoms with Crippen LogP contribution in [0, 0.1) is 5.92 Å². The molecule has 1 aliphatic heterocycles. The number of rotatable bonds is 4. The molecule has 2 aromatic rings. The zero-order chi connectivity index (χ0) is 17.1. The number of nitrogens with one attached hydrogen (secondary N) is 1. The highest BCUT2D eigenvalue weighted by Gasteiger charge is 2.61. The van der Waals surface area contributed by atoms with Crippen LogP contribution in [0.4, 0.5) is 5.95 Å². The Balaban J connectivity index is 1.72. The van der Waals surface area contributed by atoms with Crippen molar-refractivity contribution in [2.24, 2.45) is 5.92 Å². The number of aromatic amines is 1. The van der Waals surface area contributed by atoms with Gasteiger partial charge in [0.2, 0.25) is 5.95 Å². The Morgan fingerprint density at radius 3 is 3.21 bits per heavy atom. The van der Waals surface area contributed by atoms with Gasteiger partial charge in [0.25, 0.3) is 5.56 Å². The highest BCUT2D eigenvalue weighted by molar-refractivity contribution is 7.38. The van der Waals surface area contributed by atoms with Gasteiger partial charge < -0.3 is 15.6 Å². The normalized spacial score (nSPS) is 32.6. The van der Waals surface area contributed by atoms with Crippen LogP contribution in [-0.2, 0) is 13.8 Å². The topological polar surface area (TPSA) is 145 Å². The van der Waals surface area contributed by atoms with Crippen molar-refractivity contribution in [3.63, 3.8) is 0 Å². The van der Waals surface area contributed by atoms with E-state index in [1.807, 2.05) is 0 Å². The third-order valence-corrected chi connectivity index (χ3v) is 5.28. The number of ether oxygens (including phenoxy) is 1. The number of nitrogens with zero attached hydrogens (tertiary/aromatic N) is 3. The maximum Gasteiger partial charge on any atom is 0.504 e. The molecule has 0 amide bonds. The van der Waals surface area contributed by atoms with E-state index in [9.17, 15) is 14.5 Å². The molecule has 5 atom stereocenters. The zero-order valence-corrected chi connectivity index (χ0v) is 13.8. The fourth-order valence-electron chi connectivity index (χ4n) is 3.65. The average molecular weight is 354 g/mol. The van der Waals surface area contributed by atoms with Crippen LogP contribution >= 0.6 is 8.03 Å². The van der Waals surface area contributed by atoms with Gasteiger partial charge in [-0.2, -0.15) is 4.98 Å². The monoisotopic (exact) mass is 354 g/mol. The van der Waals surface area contributed by atoms with Crippen molar-refractivity contribution in [3.8, 4) is 0 Å². The maximum absolute atomic E-state index is 11.9. The lowest BCUT2D eigenvalue weighted by Gasteiger charge is -2.29. The largest absolute Gasteiger partial charge is 0.504 e. The summed E-state index contributed by atoms with van der Waals surface area (Å²) in [5.74, 6) is -0.206. The number of nitrogens with two attached hydrogens (primary N) is 1. The molecule has 10 nitrogen and oxygen atoms in total. The Hall–Kier alpha value is -1.87. The van der Waals surface area contributed by atoms with Gasteiger partial charge in [-0.1, -0.05) is 0 Å². The van der Waals surface area contributed by atoms with Crippen LogP contribution < -0.4 is 11.3 Å². The molecule has 4 rings (SSSR count). The molecule has 1 saturated carbocycles. The van der Waals surface area contributed by atoms with Gasteiger partial charge in [0, 0.05) is 5.92 Å². The Morgan fingerprint density at radius 1 is 1.67 bits per heavy atom. The molecule has 0 radical (unpaired) electrons. The van der Waals surface area contributed by atoms with Crippen LogP contribution in [0.25, 0.3) is 11.2 Å². The number of aliphatic hydroxyl groups is 1. The van der Waals surface area contributed by atoms with Gasteiger partial charge in [-0.3, -0.25) is 14.3 Å². The molecule has 0 spiro atoms. The molecule has 1 unspecified atom stereocenters. The fourth-order valence-corrected chi connectivity index (χ4v) is 4.05. The number of hydrogen-bond acceptors (Lipinski definition) is 8. The first-order valence-corrected chi connectivity index (χ1v) is 9.16. The summed E-state index contributed by atoms with van der Waals surface area (Å²) in [4.78, 5) is 22.5. The van der Waals surface area contributed by atoms with Crippen molar-refractivity contribution in [1.29, 1.82) is 0 Å². The Labute approximate surface area is 136 Å². The standard InChI is InChI=1S/C13H16N5O5P/c1-24(21)22-4-13-3-2-6(8(13)19)11(23-13)18-5-15-7-9(18)16-12(14)17-10(7)20/h5-6,8,11,19H,2-4H2,1H3,(H2-,14,16,17,20)/p+1/t6-,8+,11-,13-/m1/s1. The summed E-state index contributed by atoms with van der Waals surface area (Å²) in [6.07, 6.45) is 1.49. The maximum atomic E-state index is 11.9. The van der Waals surface area contributed by atoms with E-state index in [-0.39, 0.29) is 24.0 Å². The predicted octanol–water partition coefficient (Wildman–Crippen LogP) is 0.129. The molecule has 11 heteroatoms. The van der Waals surface area contributed by atoms with Crippen molar-refractivity contribution in [2.45, 2.75) is 30.8 Å². The number of imidazole rings is 1. The molecule has 4 N–H and O–H groups in total. The van der Waals surface area contributed by atoms with Crippen molar-refractivity contribution < 1.29 is 18.9 Å². The second-order valence-corrected chi connectivity index (χ2v) is 7.35. The van der Waals surface area contributed by atoms with Crippen LogP contribution in [0.5, 0.6) is 0 Å². The summed E-state index contributed by atoms with van der Waals surface area (Å²) in [7, 11) is -1.79. The van der Waals surface area contributed by atoms with Gasteiger partial charge in [0.05, 0.1) is 12.4 Å². The predicted molar refractivity (Wildman–Crippen MR) is 83.6 cm³/mol. The van der Waals surface area contributed by atoms with Crippen LogP contribution in [0.15, 0.2) is 11.1 Å². The quantitative estimate of drug-likeness (QED) is 0.657. The Kier molecular flexibility index (Phi) is 3.47. The van der Waals surface area contributed by atoms with Gasteiger partial charge in [0.1, 0.15) is 18.4 Å². The van der Waals surface area contributed by atoms with Gasteiger partial charge in [-0.05, 0) is 17.4 Å². The third kappa shape index (κ3) is 2.18. The van der Waals surface area contributed by atoms with Crippen LogP contribution in [0.3, 0.4) is 0 Å².